The van der Waals surface area contributed by atoms with Crippen molar-refractivity contribution < 1.29 is 13.2 Å². The van der Waals surface area contributed by atoms with E-state index in [1.165, 1.54) is 4.31 Å². The zero-order chi connectivity index (χ0) is 23.2. The predicted molar refractivity (Wildman–Crippen MR) is 130 cm³/mol. The Morgan fingerprint density at radius 3 is 2.39 bits per heavy atom. The molecule has 2 aliphatic heterocycles. The number of hydrogen-bond acceptors (Lipinski definition) is 5. The number of nitrogens with zero attached hydrogens (tertiary/aromatic N) is 2. The number of sulfonamides is 1. The largest absolute Gasteiger partial charge is 0.439 e. The molecule has 0 spiro atoms. The Balaban J connectivity index is 1.79. The third kappa shape index (κ3) is 3.41. The van der Waals surface area contributed by atoms with E-state index in [0.717, 1.165) is 5.56 Å². The van der Waals surface area contributed by atoms with Crippen LogP contribution in [0.4, 0.5) is 5.69 Å². The van der Waals surface area contributed by atoms with Crippen molar-refractivity contribution in [3.63, 3.8) is 0 Å². The quantitative estimate of drug-likeness (QED) is 0.526. The fourth-order valence-corrected chi connectivity index (χ4v) is 6.67. The van der Waals surface area contributed by atoms with Crippen LogP contribution in [0, 0.1) is 11.3 Å². The molecule has 164 valence electrons. The number of ether oxygens (including phenoxy) is 1. The van der Waals surface area contributed by atoms with Gasteiger partial charge in [0.2, 0.25) is 5.88 Å². The van der Waals surface area contributed by atoms with Gasteiger partial charge in [-0.05, 0) is 29.3 Å². The Morgan fingerprint density at radius 1 is 1.00 bits per heavy atom. The zero-order valence-corrected chi connectivity index (χ0v) is 19.7. The lowest BCUT2D eigenvalue weighted by Crippen LogP contribution is -2.39. The summed E-state index contributed by atoms with van der Waals surface area (Å²) in [4.78, 5) is 0.00906. The molecule has 0 bridgehead atoms. The summed E-state index contributed by atoms with van der Waals surface area (Å²) in [5, 5.41) is 9.93. The molecule has 2 N–H and O–H groups in total. The van der Waals surface area contributed by atoms with Gasteiger partial charge >= 0.3 is 0 Å². The lowest BCUT2D eigenvalue weighted by atomic mass is 9.88. The van der Waals surface area contributed by atoms with Gasteiger partial charge in [-0.2, -0.15) is 5.26 Å². The van der Waals surface area contributed by atoms with Crippen molar-refractivity contribution in [2.24, 2.45) is 5.73 Å². The number of fused-ring (bicyclic) bond motifs is 2. The Morgan fingerprint density at radius 2 is 1.67 bits per heavy atom. The molecule has 0 unspecified atom stereocenters. The summed E-state index contributed by atoms with van der Waals surface area (Å²) in [6.07, 6.45) is 0. The van der Waals surface area contributed by atoms with E-state index in [2.05, 4.69) is 22.0 Å². The van der Waals surface area contributed by atoms with E-state index < -0.39 is 15.9 Å². The van der Waals surface area contributed by atoms with Crippen molar-refractivity contribution in [1.29, 1.82) is 5.26 Å². The van der Waals surface area contributed by atoms with Crippen molar-refractivity contribution in [2.45, 2.75) is 12.5 Å². The molecule has 0 aliphatic carbocycles. The van der Waals surface area contributed by atoms with Crippen molar-refractivity contribution in [3.8, 4) is 6.07 Å². The lowest BCUT2D eigenvalue weighted by molar-refractivity contribution is 0.357. The summed E-state index contributed by atoms with van der Waals surface area (Å²) in [5.41, 5.74) is 8.78. The number of anilines is 1. The van der Waals surface area contributed by atoms with Crippen LogP contribution in [0.25, 0.3) is 5.76 Å². The van der Waals surface area contributed by atoms with Crippen molar-refractivity contribution in [3.05, 3.63) is 116 Å². The van der Waals surface area contributed by atoms with E-state index in [-0.39, 0.29) is 28.7 Å². The van der Waals surface area contributed by atoms with E-state index >= 15 is 0 Å². The first-order chi connectivity index (χ1) is 15.9. The average Bonchev–Trinajstić information content (AvgIpc) is 2.82. The van der Waals surface area contributed by atoms with Crippen molar-refractivity contribution in [2.75, 3.05) is 4.31 Å². The molecule has 0 saturated heterocycles. The van der Waals surface area contributed by atoms with Crippen LogP contribution in [0.1, 0.15) is 22.6 Å². The second kappa shape index (κ2) is 8.10. The maximum Gasteiger partial charge on any atom is 0.265 e. The van der Waals surface area contributed by atoms with Crippen LogP contribution in [-0.2, 0) is 21.3 Å². The second-order valence-electron chi connectivity index (χ2n) is 7.65. The molecule has 0 radical (unpaired) electrons. The average molecular weight is 520 g/mol. The number of hydrogen-bond donors (Lipinski definition) is 1. The molecule has 6 nitrogen and oxygen atoms in total. The van der Waals surface area contributed by atoms with Gasteiger partial charge in [0.25, 0.3) is 10.0 Å². The molecule has 0 amide bonds. The predicted octanol–water partition coefficient (Wildman–Crippen LogP) is 4.98. The van der Waals surface area contributed by atoms with Gasteiger partial charge in [-0.25, -0.2) is 8.42 Å². The Hall–Kier alpha value is -3.54. The Labute approximate surface area is 200 Å². The van der Waals surface area contributed by atoms with E-state index in [1.54, 1.807) is 36.4 Å². The number of nitriles is 1. The van der Waals surface area contributed by atoms with Gasteiger partial charge in [-0.3, -0.25) is 4.31 Å². The van der Waals surface area contributed by atoms with Crippen LogP contribution < -0.4 is 10.0 Å². The van der Waals surface area contributed by atoms with Gasteiger partial charge in [0.1, 0.15) is 16.5 Å². The van der Waals surface area contributed by atoms with Gasteiger partial charge in [0.05, 0.1) is 18.2 Å². The smallest absolute Gasteiger partial charge is 0.265 e. The highest BCUT2D eigenvalue weighted by Crippen LogP contribution is 2.52. The standard InChI is InChI=1S/C25H18BrN3O3S/c26-20-12-6-4-10-17(20)22-19(14-27)25(28)32-23-18-11-5-7-13-21(18)29(33(30,31)24(22)23)15-16-8-2-1-3-9-16/h1-13,22H,15,28H2/t22-/m1/s1. The van der Waals surface area contributed by atoms with E-state index in [0.29, 0.717) is 21.3 Å². The molecule has 2 aliphatic rings. The summed E-state index contributed by atoms with van der Waals surface area (Å²) in [6.45, 7) is 0.140. The summed E-state index contributed by atoms with van der Waals surface area (Å²) in [5.74, 6) is -0.850. The normalized spacial score (nSPS) is 18.8. The molecule has 3 aromatic rings. The summed E-state index contributed by atoms with van der Waals surface area (Å²) in [6, 6.07) is 25.8. The number of benzene rings is 3. The minimum atomic E-state index is -4.09. The second-order valence-corrected chi connectivity index (χ2v) is 10.3. The van der Waals surface area contributed by atoms with Gasteiger partial charge < -0.3 is 10.5 Å². The van der Waals surface area contributed by atoms with E-state index in [4.69, 9.17) is 10.5 Å². The van der Waals surface area contributed by atoms with Crippen LogP contribution in [0.5, 0.6) is 0 Å². The fraction of sp³-hybridized carbons (Fsp3) is 0.0800. The van der Waals surface area contributed by atoms with E-state index in [9.17, 15) is 13.7 Å². The third-order valence-electron chi connectivity index (χ3n) is 5.74. The van der Waals surface area contributed by atoms with Crippen molar-refractivity contribution in [1.82, 2.24) is 0 Å². The van der Waals surface area contributed by atoms with Crippen LogP contribution in [0.15, 0.2) is 99.7 Å². The maximum atomic E-state index is 14.2. The summed E-state index contributed by atoms with van der Waals surface area (Å²) in [7, 11) is -4.09. The third-order valence-corrected chi connectivity index (χ3v) is 8.35. The lowest BCUT2D eigenvalue weighted by Gasteiger charge is -2.38. The topological polar surface area (TPSA) is 96.4 Å². The molecular formula is C25H18BrN3O3S. The summed E-state index contributed by atoms with van der Waals surface area (Å²) >= 11 is 3.52. The number of nitrogens with two attached hydrogens (primary N) is 1. The van der Waals surface area contributed by atoms with Crippen LogP contribution in [0.3, 0.4) is 0 Å². The number of rotatable bonds is 3. The minimum absolute atomic E-state index is 0.00906. The Bertz CT molecular complexity index is 1470. The van der Waals surface area contributed by atoms with Gasteiger partial charge in [0.15, 0.2) is 5.76 Å². The zero-order valence-electron chi connectivity index (χ0n) is 17.3. The molecule has 3 aromatic carbocycles. The van der Waals surface area contributed by atoms with Crippen molar-refractivity contribution >= 4 is 37.4 Å². The maximum absolute atomic E-state index is 14.2. The van der Waals surface area contributed by atoms with Gasteiger partial charge in [-0.15, -0.1) is 0 Å². The number of para-hydroxylation sites is 1. The highest BCUT2D eigenvalue weighted by Gasteiger charge is 2.47. The summed E-state index contributed by atoms with van der Waals surface area (Å²) < 4.78 is 36.2. The first kappa shape index (κ1) is 21.3. The van der Waals surface area contributed by atoms with Gasteiger partial charge in [-0.1, -0.05) is 76.6 Å². The minimum Gasteiger partial charge on any atom is -0.439 e. The fourth-order valence-electron chi connectivity index (χ4n) is 4.25. The van der Waals surface area contributed by atoms with E-state index in [1.807, 2.05) is 42.5 Å². The van der Waals surface area contributed by atoms with Crippen LogP contribution in [0.2, 0.25) is 0 Å². The first-order valence-corrected chi connectivity index (χ1v) is 12.4. The molecule has 2 heterocycles. The highest BCUT2D eigenvalue weighted by atomic mass is 79.9. The molecule has 8 heteroatoms. The highest BCUT2D eigenvalue weighted by molar-refractivity contribution is 9.10. The van der Waals surface area contributed by atoms with Crippen LogP contribution >= 0.6 is 15.9 Å². The SMILES string of the molecule is N#CC1=C(N)OC2=C([C@@H]1c1ccccc1Br)S(=O)(=O)N(Cc1ccccc1)c1ccccc12. The monoisotopic (exact) mass is 519 g/mol. The molecule has 0 saturated carbocycles. The molecular weight excluding hydrogens is 502 g/mol. The first-order valence-electron chi connectivity index (χ1n) is 10.2. The molecule has 1 atom stereocenters. The number of halogens is 1. The number of allylic oxidation sites excluding steroid dienone is 2. The van der Waals surface area contributed by atoms with Crippen LogP contribution in [-0.4, -0.2) is 8.42 Å². The molecule has 33 heavy (non-hydrogen) atoms. The van der Waals surface area contributed by atoms with Gasteiger partial charge in [0, 0.05) is 10.0 Å². The molecule has 0 fully saturated rings. The molecule has 5 rings (SSSR count). The molecule has 0 aromatic heterocycles. The Kier molecular flexibility index (Phi) is 5.23.